The number of para-hydroxylation sites is 1. The molecule has 0 radical (unpaired) electrons. The standard InChI is InChI=1S/C46H54N2O7/c1-42-20-17-33(49)26-44(42)23-24-46(36(27-44)40(50)30-11-14-34(53-3)15-12-30)38(42)18-21-43(2)39(46)19-22-45(43,52)29-48(41(51)47-32-9-7-6-8-10-32)28-31-13-16-35(54-4)25-37(31)55-5/h6-16,23-25,27,33,38-39,49,52H,17-22,26,28-29H2,1-5H3,(H,47,51). The second-order valence-electron chi connectivity index (χ2n) is 17.2. The highest BCUT2D eigenvalue weighted by Gasteiger charge is 2.74. The zero-order chi connectivity index (χ0) is 38.8. The molecule has 3 N–H and O–H groups in total. The molecule has 2 spiro atoms. The molecule has 0 aromatic heterocycles. The Balaban J connectivity index is 1.19. The molecule has 3 saturated carbocycles. The van der Waals surface area contributed by atoms with E-state index in [9.17, 15) is 19.8 Å². The molecule has 9 nitrogen and oxygen atoms in total. The lowest BCUT2D eigenvalue weighted by molar-refractivity contribution is -0.174. The van der Waals surface area contributed by atoms with E-state index in [1.807, 2.05) is 72.8 Å². The van der Waals surface area contributed by atoms with Crippen molar-refractivity contribution < 1.29 is 34.0 Å². The van der Waals surface area contributed by atoms with E-state index < -0.39 is 27.9 Å². The van der Waals surface area contributed by atoms with Gasteiger partial charge in [-0.15, -0.1) is 0 Å². The fourth-order valence-corrected chi connectivity index (χ4v) is 11.9. The first-order valence-electron chi connectivity index (χ1n) is 19.7. The van der Waals surface area contributed by atoms with Crippen LogP contribution in [0, 0.1) is 33.5 Å². The van der Waals surface area contributed by atoms with Crippen molar-refractivity contribution in [1.29, 1.82) is 0 Å². The summed E-state index contributed by atoms with van der Waals surface area (Å²) in [7, 11) is 4.82. The van der Waals surface area contributed by atoms with Crippen molar-refractivity contribution in [3.05, 3.63) is 108 Å². The summed E-state index contributed by atoms with van der Waals surface area (Å²) in [6.45, 7) is 4.88. The Labute approximate surface area is 324 Å². The number of urea groups is 1. The maximum absolute atomic E-state index is 15.0. The largest absolute Gasteiger partial charge is 0.497 e. The quantitative estimate of drug-likeness (QED) is 0.141. The van der Waals surface area contributed by atoms with Gasteiger partial charge in [-0.2, -0.15) is 0 Å². The molecular formula is C46H54N2O7. The molecule has 0 aliphatic heterocycles. The Morgan fingerprint density at radius 3 is 2.20 bits per heavy atom. The number of fused-ring (bicyclic) bond motifs is 1. The van der Waals surface area contributed by atoms with Crippen LogP contribution < -0.4 is 19.5 Å². The van der Waals surface area contributed by atoms with E-state index in [1.54, 1.807) is 26.2 Å². The third kappa shape index (κ3) is 5.63. The number of anilines is 1. The van der Waals surface area contributed by atoms with Crippen molar-refractivity contribution in [1.82, 2.24) is 4.90 Å². The van der Waals surface area contributed by atoms with E-state index in [-0.39, 0.29) is 42.2 Å². The average Bonchev–Trinajstić information content (AvgIpc) is 3.47. The Morgan fingerprint density at radius 1 is 0.818 bits per heavy atom. The number of nitrogens with zero attached hydrogens (tertiary/aromatic N) is 1. The van der Waals surface area contributed by atoms with E-state index >= 15 is 0 Å². The van der Waals surface area contributed by atoms with Gasteiger partial charge in [0.05, 0.1) is 46.1 Å². The average molecular weight is 747 g/mol. The minimum absolute atomic E-state index is 0.00588. The van der Waals surface area contributed by atoms with Gasteiger partial charge in [-0.25, -0.2) is 4.79 Å². The van der Waals surface area contributed by atoms with Gasteiger partial charge in [0.15, 0.2) is 5.78 Å². The number of benzene rings is 3. The van der Waals surface area contributed by atoms with E-state index in [2.05, 4.69) is 37.4 Å². The zero-order valence-corrected chi connectivity index (χ0v) is 32.6. The Bertz CT molecular complexity index is 2030. The molecule has 2 amide bonds. The van der Waals surface area contributed by atoms with Crippen LogP contribution in [0.2, 0.25) is 0 Å². The number of carbonyl (C=O) groups is 2. The number of hydrogen-bond acceptors (Lipinski definition) is 7. The van der Waals surface area contributed by atoms with Crippen LogP contribution in [0.15, 0.2) is 96.6 Å². The summed E-state index contributed by atoms with van der Waals surface area (Å²) in [5.74, 6) is 2.01. The summed E-state index contributed by atoms with van der Waals surface area (Å²) < 4.78 is 16.6. The molecule has 9 heteroatoms. The lowest BCUT2D eigenvalue weighted by Gasteiger charge is -2.71. The topological polar surface area (TPSA) is 118 Å². The first-order valence-corrected chi connectivity index (χ1v) is 19.7. The molecule has 6 aliphatic rings. The predicted molar refractivity (Wildman–Crippen MR) is 211 cm³/mol. The van der Waals surface area contributed by atoms with Crippen LogP contribution in [0.25, 0.3) is 0 Å². The summed E-state index contributed by atoms with van der Waals surface area (Å²) in [5.41, 5.74) is -0.251. The first-order chi connectivity index (χ1) is 26.3. The highest BCUT2D eigenvalue weighted by atomic mass is 16.5. The van der Waals surface area contributed by atoms with Crippen molar-refractivity contribution in [2.45, 2.75) is 77.0 Å². The summed E-state index contributed by atoms with van der Waals surface area (Å²) in [5, 5.41) is 27.4. The highest BCUT2D eigenvalue weighted by Crippen LogP contribution is 2.78. The molecule has 8 unspecified atom stereocenters. The Morgan fingerprint density at radius 2 is 1.49 bits per heavy atom. The summed E-state index contributed by atoms with van der Waals surface area (Å²) >= 11 is 0. The third-order valence-corrected chi connectivity index (χ3v) is 14.9. The molecule has 3 fully saturated rings. The van der Waals surface area contributed by atoms with Crippen LogP contribution >= 0.6 is 0 Å². The fourth-order valence-electron chi connectivity index (χ4n) is 11.9. The van der Waals surface area contributed by atoms with Gasteiger partial charge >= 0.3 is 6.03 Å². The molecule has 6 aliphatic carbocycles. The maximum Gasteiger partial charge on any atom is 0.322 e. The Hall–Kier alpha value is -4.60. The lowest BCUT2D eigenvalue weighted by atomic mass is 9.32. The Kier molecular flexibility index (Phi) is 9.20. The second-order valence-corrected chi connectivity index (χ2v) is 17.2. The number of Topliss-reactive ketones (excluding diaryl/α,β-unsaturated/α-hetero) is 1. The van der Waals surface area contributed by atoms with Gasteiger partial charge in [-0.1, -0.05) is 50.3 Å². The smallest absolute Gasteiger partial charge is 0.322 e. The number of allylic oxidation sites excluding steroid dienone is 4. The number of nitrogens with one attached hydrogen (secondary N) is 1. The molecule has 8 atom stereocenters. The molecule has 3 aromatic rings. The normalized spacial score (nSPS) is 34.1. The van der Waals surface area contributed by atoms with Crippen LogP contribution in [0.5, 0.6) is 17.2 Å². The van der Waals surface area contributed by atoms with E-state index in [0.717, 1.165) is 36.8 Å². The van der Waals surface area contributed by atoms with Crippen molar-refractivity contribution in [3.8, 4) is 17.2 Å². The van der Waals surface area contributed by atoms with Gasteiger partial charge in [-0.05, 0) is 111 Å². The number of aliphatic hydroxyl groups excluding tert-OH is 1. The van der Waals surface area contributed by atoms with Gasteiger partial charge in [-0.3, -0.25) is 4.79 Å². The third-order valence-electron chi connectivity index (χ3n) is 14.9. The number of rotatable bonds is 10. The van der Waals surface area contributed by atoms with E-state index in [0.29, 0.717) is 47.8 Å². The number of ether oxygens (including phenoxy) is 3. The highest BCUT2D eigenvalue weighted by molar-refractivity contribution is 6.10. The van der Waals surface area contributed by atoms with Gasteiger partial charge in [0.2, 0.25) is 0 Å². The minimum Gasteiger partial charge on any atom is -0.497 e. The van der Waals surface area contributed by atoms with Crippen LogP contribution in [0.4, 0.5) is 10.5 Å². The van der Waals surface area contributed by atoms with Crippen molar-refractivity contribution in [2.24, 2.45) is 33.5 Å². The number of aliphatic hydroxyl groups is 2. The second kappa shape index (κ2) is 13.6. The molecule has 0 heterocycles. The van der Waals surface area contributed by atoms with Crippen molar-refractivity contribution >= 4 is 17.5 Å². The van der Waals surface area contributed by atoms with Crippen molar-refractivity contribution in [2.75, 3.05) is 33.2 Å². The molecule has 55 heavy (non-hydrogen) atoms. The van der Waals surface area contributed by atoms with Crippen molar-refractivity contribution in [3.63, 3.8) is 0 Å². The van der Waals surface area contributed by atoms with Crippen LogP contribution in [0.3, 0.4) is 0 Å². The van der Waals surface area contributed by atoms with E-state index in [4.69, 9.17) is 14.2 Å². The number of hydrogen-bond donors (Lipinski definition) is 3. The van der Waals surface area contributed by atoms with Gasteiger partial charge in [0.25, 0.3) is 0 Å². The molecule has 2 bridgehead atoms. The fraction of sp³-hybridized carbons (Fsp3) is 0.478. The number of amides is 2. The van der Waals surface area contributed by atoms with Gasteiger partial charge in [0.1, 0.15) is 17.2 Å². The molecular weight excluding hydrogens is 693 g/mol. The predicted octanol–water partition coefficient (Wildman–Crippen LogP) is 8.22. The first kappa shape index (κ1) is 37.3. The van der Waals surface area contributed by atoms with Gasteiger partial charge in [0, 0.05) is 44.7 Å². The van der Waals surface area contributed by atoms with Crippen LogP contribution in [-0.2, 0) is 6.54 Å². The number of carbonyl (C=O) groups excluding carboxylic acids is 2. The molecule has 290 valence electrons. The van der Waals surface area contributed by atoms with Crippen LogP contribution in [0.1, 0.15) is 74.7 Å². The summed E-state index contributed by atoms with van der Waals surface area (Å²) in [4.78, 5) is 31.0. The molecule has 9 rings (SSSR count). The summed E-state index contributed by atoms with van der Waals surface area (Å²) in [6, 6.07) is 22.0. The maximum atomic E-state index is 15.0. The van der Waals surface area contributed by atoms with Crippen LogP contribution in [-0.4, -0.2) is 66.5 Å². The lowest BCUT2D eigenvalue weighted by Crippen LogP contribution is -2.67. The van der Waals surface area contributed by atoms with E-state index in [1.165, 1.54) is 0 Å². The number of ketones is 1. The monoisotopic (exact) mass is 746 g/mol. The minimum atomic E-state index is -1.26. The SMILES string of the molecule is COc1ccc(C(=O)C2=CC34C=CC25C(CCC2(C)C5CCC2(O)CN(Cc2ccc(OC)cc2OC)C(=O)Nc2ccccc2)C3(C)CCC(O)C4)cc1. The van der Waals surface area contributed by atoms with Gasteiger partial charge < -0.3 is 34.6 Å². The zero-order valence-electron chi connectivity index (χ0n) is 32.6. The molecule has 3 aromatic carbocycles. The summed E-state index contributed by atoms with van der Waals surface area (Å²) in [6.07, 6.45) is 11.4. The number of methoxy groups -OCH3 is 3. The molecule has 0 saturated heterocycles.